The highest BCUT2D eigenvalue weighted by Crippen LogP contribution is 2.29. The number of nitrogens with one attached hydrogen (secondary N) is 2. The van der Waals surface area contributed by atoms with E-state index in [0.29, 0.717) is 25.3 Å². The molecule has 10 heteroatoms. The van der Waals surface area contributed by atoms with E-state index in [-0.39, 0.29) is 22.7 Å². The number of likely N-dealkylation sites (tertiary alicyclic amines) is 1. The highest BCUT2D eigenvalue weighted by molar-refractivity contribution is 5.99. The topological polar surface area (TPSA) is 75.6 Å². The van der Waals surface area contributed by atoms with Crippen molar-refractivity contribution in [1.82, 2.24) is 14.8 Å². The van der Waals surface area contributed by atoms with Gasteiger partial charge >= 0.3 is 0 Å². The van der Waals surface area contributed by atoms with Crippen LogP contribution in [0.1, 0.15) is 67.1 Å². The molecule has 0 spiro atoms. The molecule has 1 amide bonds. The molecule has 2 aromatic rings. The first-order valence-corrected chi connectivity index (χ1v) is 12.3. The van der Waals surface area contributed by atoms with Crippen molar-refractivity contribution in [2.75, 3.05) is 38.7 Å². The van der Waals surface area contributed by atoms with Crippen LogP contribution < -0.4 is 16.2 Å². The van der Waals surface area contributed by atoms with E-state index in [1.54, 1.807) is 0 Å². The molecule has 0 saturated carbocycles. The van der Waals surface area contributed by atoms with Crippen LogP contribution in [-0.2, 0) is 10.3 Å². The molecule has 2 atom stereocenters. The first-order chi connectivity index (χ1) is 17.1. The van der Waals surface area contributed by atoms with Gasteiger partial charge < -0.3 is 24.8 Å². The second-order valence-corrected chi connectivity index (χ2v) is 10.1. The molecule has 2 aliphatic heterocycles. The van der Waals surface area contributed by atoms with E-state index < -0.39 is 35.3 Å². The Bertz CT molecular complexity index is 1160. The fourth-order valence-electron chi connectivity index (χ4n) is 4.90. The summed E-state index contributed by atoms with van der Waals surface area (Å²) in [7, 11) is 2.05. The molecule has 3 heterocycles. The lowest BCUT2D eigenvalue weighted by atomic mass is 9.99. The molecule has 196 valence electrons. The molecule has 4 rings (SSSR count). The number of piperidine rings is 1. The lowest BCUT2D eigenvalue weighted by molar-refractivity contribution is 0.0938. The maximum atomic E-state index is 14.7. The zero-order valence-electron chi connectivity index (χ0n) is 20.8. The summed E-state index contributed by atoms with van der Waals surface area (Å²) in [5.74, 6) is -1.57. The molecule has 0 radical (unpaired) electrons. The van der Waals surface area contributed by atoms with Gasteiger partial charge in [-0.1, -0.05) is 18.2 Å². The summed E-state index contributed by atoms with van der Waals surface area (Å²) in [5.41, 5.74) is -0.949. The smallest absolute Gasteiger partial charge is 0.266 e. The van der Waals surface area contributed by atoms with Crippen molar-refractivity contribution in [3.05, 3.63) is 63.3 Å². The molecule has 0 bridgehead atoms. The number of carbonyl (C=O) groups is 1. The van der Waals surface area contributed by atoms with Gasteiger partial charge in [-0.25, -0.2) is 13.2 Å². The maximum Gasteiger partial charge on any atom is 0.266 e. The Kier molecular flexibility index (Phi) is 7.75. The van der Waals surface area contributed by atoms with E-state index in [0.717, 1.165) is 32.0 Å². The zero-order chi connectivity index (χ0) is 26.0. The maximum absolute atomic E-state index is 14.7. The molecule has 2 fully saturated rings. The number of alkyl halides is 2. The molecule has 2 saturated heterocycles. The molecule has 0 aliphatic carbocycles. The summed E-state index contributed by atoms with van der Waals surface area (Å²) >= 11 is 0. The number of halogens is 3. The highest BCUT2D eigenvalue weighted by Gasteiger charge is 2.34. The number of pyridine rings is 1. The number of anilines is 1. The number of benzene rings is 1. The second kappa shape index (κ2) is 10.6. The van der Waals surface area contributed by atoms with Crippen LogP contribution in [0.4, 0.5) is 18.9 Å². The van der Waals surface area contributed by atoms with E-state index in [1.165, 1.54) is 35.9 Å². The van der Waals surface area contributed by atoms with Gasteiger partial charge in [-0.05, 0) is 53.2 Å². The van der Waals surface area contributed by atoms with Gasteiger partial charge in [-0.15, -0.1) is 0 Å². The quantitative estimate of drug-likeness (QED) is 0.593. The average Bonchev–Trinajstić information content (AvgIpc) is 3.27. The van der Waals surface area contributed by atoms with Gasteiger partial charge in [0.25, 0.3) is 17.9 Å². The molecule has 36 heavy (non-hydrogen) atoms. The summed E-state index contributed by atoms with van der Waals surface area (Å²) in [6.07, 6.45) is 0.902. The lowest BCUT2D eigenvalue weighted by Gasteiger charge is -2.31. The van der Waals surface area contributed by atoms with Gasteiger partial charge in [-0.3, -0.25) is 9.59 Å². The van der Waals surface area contributed by atoms with Crippen LogP contribution in [0, 0.1) is 5.82 Å². The lowest BCUT2D eigenvalue weighted by Crippen LogP contribution is -2.41. The predicted molar refractivity (Wildman–Crippen MR) is 131 cm³/mol. The van der Waals surface area contributed by atoms with Gasteiger partial charge in [0.05, 0.1) is 35.0 Å². The number of amides is 1. The molecule has 0 unspecified atom stereocenters. The largest absolute Gasteiger partial charge is 0.381 e. The zero-order valence-corrected chi connectivity index (χ0v) is 20.8. The Hall–Kier alpha value is -2.85. The van der Waals surface area contributed by atoms with Crippen LogP contribution in [0.25, 0.3) is 0 Å². The minimum Gasteiger partial charge on any atom is -0.381 e. The van der Waals surface area contributed by atoms with Crippen molar-refractivity contribution >= 4 is 11.6 Å². The molecule has 2 N–H and O–H groups in total. The highest BCUT2D eigenvalue weighted by atomic mass is 19.3. The summed E-state index contributed by atoms with van der Waals surface area (Å²) in [5, 5.41) is 6.10. The Morgan fingerprint density at radius 3 is 2.56 bits per heavy atom. The Labute approximate surface area is 208 Å². The number of aromatic nitrogens is 1. The summed E-state index contributed by atoms with van der Waals surface area (Å²) in [4.78, 5) is 28.8. The Morgan fingerprint density at radius 2 is 1.92 bits per heavy atom. The molecule has 2 aliphatic rings. The van der Waals surface area contributed by atoms with Crippen LogP contribution in [0.3, 0.4) is 0 Å². The number of carbonyl (C=O) groups excluding carboxylic acids is 1. The van der Waals surface area contributed by atoms with Gasteiger partial charge in [-0.2, -0.15) is 0 Å². The SMILES string of the molecule is C[C@@H](NC(=O)c1cn([C@@]2(C)CCOC2)c(=O)cc1NC1CCN(C)CC1)c1cccc(C(F)F)c1F. The summed E-state index contributed by atoms with van der Waals surface area (Å²) in [6, 6.07) is 4.39. The van der Waals surface area contributed by atoms with Gasteiger partial charge in [0.1, 0.15) is 5.82 Å². The van der Waals surface area contributed by atoms with Crippen molar-refractivity contribution in [3.8, 4) is 0 Å². The Morgan fingerprint density at radius 1 is 1.22 bits per heavy atom. The van der Waals surface area contributed by atoms with E-state index in [4.69, 9.17) is 4.74 Å². The van der Waals surface area contributed by atoms with Gasteiger partial charge in [0.15, 0.2) is 0 Å². The molecule has 1 aromatic heterocycles. The fourth-order valence-corrected chi connectivity index (χ4v) is 4.90. The standard InChI is InChI=1S/C26H33F3N4O3/c1-16(18-5-4-6-19(23(18)27)24(28)29)30-25(35)20-14-33(26(2)9-12-36-15-26)22(34)13-21(20)31-17-7-10-32(3)11-8-17/h4-6,13-14,16-17,24,31H,7-12,15H2,1-3H3,(H,30,35)/t16-,26+/m1/s1. The molecular formula is C26H33F3N4O3. The summed E-state index contributed by atoms with van der Waals surface area (Å²) < 4.78 is 48.1. The number of nitrogens with zero attached hydrogens (tertiary/aromatic N) is 2. The van der Waals surface area contributed by atoms with Crippen molar-refractivity contribution in [3.63, 3.8) is 0 Å². The van der Waals surface area contributed by atoms with E-state index in [9.17, 15) is 22.8 Å². The molecule has 7 nitrogen and oxygen atoms in total. The third-order valence-electron chi connectivity index (χ3n) is 7.26. The number of hydrogen-bond donors (Lipinski definition) is 2. The van der Waals surface area contributed by atoms with Crippen LogP contribution in [0.15, 0.2) is 35.3 Å². The van der Waals surface area contributed by atoms with E-state index in [1.807, 2.05) is 14.0 Å². The minimum atomic E-state index is -2.96. The first-order valence-electron chi connectivity index (χ1n) is 12.3. The van der Waals surface area contributed by atoms with Gasteiger partial charge in [0, 0.05) is 30.5 Å². The van der Waals surface area contributed by atoms with Crippen molar-refractivity contribution in [2.24, 2.45) is 0 Å². The second-order valence-electron chi connectivity index (χ2n) is 10.1. The van der Waals surface area contributed by atoms with Crippen LogP contribution in [0.5, 0.6) is 0 Å². The van der Waals surface area contributed by atoms with Crippen molar-refractivity contribution in [2.45, 2.75) is 57.2 Å². The summed E-state index contributed by atoms with van der Waals surface area (Å²) in [6.45, 7) is 6.08. The normalized spacial score (nSPS) is 22.1. The average molecular weight is 507 g/mol. The van der Waals surface area contributed by atoms with E-state index in [2.05, 4.69) is 15.5 Å². The van der Waals surface area contributed by atoms with Gasteiger partial charge in [0.2, 0.25) is 0 Å². The molecular weight excluding hydrogens is 473 g/mol. The van der Waals surface area contributed by atoms with Crippen LogP contribution in [0.2, 0.25) is 0 Å². The Balaban J connectivity index is 1.66. The number of ether oxygens (including phenoxy) is 1. The number of hydrogen-bond acceptors (Lipinski definition) is 5. The first kappa shape index (κ1) is 26.2. The van der Waals surface area contributed by atoms with Crippen molar-refractivity contribution in [1.29, 1.82) is 0 Å². The minimum absolute atomic E-state index is 0.0320. The third kappa shape index (κ3) is 5.44. The van der Waals surface area contributed by atoms with E-state index >= 15 is 0 Å². The number of rotatable bonds is 7. The monoisotopic (exact) mass is 506 g/mol. The third-order valence-corrected chi connectivity index (χ3v) is 7.26. The van der Waals surface area contributed by atoms with Crippen molar-refractivity contribution < 1.29 is 22.7 Å². The fraction of sp³-hybridized carbons (Fsp3) is 0.538. The van der Waals surface area contributed by atoms with Crippen LogP contribution in [-0.4, -0.2) is 54.8 Å². The predicted octanol–water partition coefficient (Wildman–Crippen LogP) is 4.06. The molecule has 1 aromatic carbocycles. The van der Waals surface area contributed by atoms with Crippen LogP contribution >= 0.6 is 0 Å².